The largest absolute Gasteiger partial charge is 0.488 e. The van der Waals surface area contributed by atoms with Crippen molar-refractivity contribution in [3.05, 3.63) is 88.9 Å². The number of carbonyl (C=O) groups is 2. The third kappa shape index (κ3) is 6.68. The fourth-order valence-electron chi connectivity index (χ4n) is 2.67. The van der Waals surface area contributed by atoms with Gasteiger partial charge < -0.3 is 19.5 Å². The number of para-hydroxylation sites is 3. The molecule has 0 saturated heterocycles. The summed E-state index contributed by atoms with van der Waals surface area (Å²) in [5.41, 5.74) is 1.01. The highest BCUT2D eigenvalue weighted by molar-refractivity contribution is 6.30. The second-order valence-electron chi connectivity index (χ2n) is 6.41. The van der Waals surface area contributed by atoms with E-state index in [1.54, 1.807) is 42.5 Å². The number of esters is 1. The molecule has 6 nitrogen and oxygen atoms in total. The SMILES string of the molecule is O=C(COC(=O)c1ccccc1OCc1ccc(Cl)cc1)Nc1ccccc1OC(F)F. The van der Waals surface area contributed by atoms with Crippen LogP contribution in [0.2, 0.25) is 5.02 Å². The fraction of sp³-hybridized carbons (Fsp3) is 0.130. The Morgan fingerprint density at radius 1 is 0.906 bits per heavy atom. The Morgan fingerprint density at radius 3 is 2.28 bits per heavy atom. The molecule has 0 heterocycles. The first-order chi connectivity index (χ1) is 15.4. The minimum absolute atomic E-state index is 0.0283. The minimum Gasteiger partial charge on any atom is -0.488 e. The predicted molar refractivity (Wildman–Crippen MR) is 114 cm³/mol. The number of anilines is 1. The molecule has 3 aromatic carbocycles. The van der Waals surface area contributed by atoms with Crippen molar-refractivity contribution in [1.29, 1.82) is 0 Å². The molecule has 0 radical (unpaired) electrons. The first-order valence-electron chi connectivity index (χ1n) is 9.39. The van der Waals surface area contributed by atoms with Gasteiger partial charge >= 0.3 is 12.6 Å². The number of amides is 1. The number of benzene rings is 3. The van der Waals surface area contributed by atoms with Crippen molar-refractivity contribution in [3.8, 4) is 11.5 Å². The smallest absolute Gasteiger partial charge is 0.387 e. The van der Waals surface area contributed by atoms with E-state index in [-0.39, 0.29) is 29.4 Å². The molecule has 32 heavy (non-hydrogen) atoms. The van der Waals surface area contributed by atoms with Gasteiger partial charge in [0.15, 0.2) is 6.61 Å². The van der Waals surface area contributed by atoms with Crippen LogP contribution in [0.3, 0.4) is 0 Å². The molecule has 0 spiro atoms. The molecule has 166 valence electrons. The molecule has 0 fully saturated rings. The summed E-state index contributed by atoms with van der Waals surface area (Å²) in [6.45, 7) is -3.48. The zero-order valence-corrected chi connectivity index (χ0v) is 17.4. The number of nitrogens with one attached hydrogen (secondary N) is 1. The Morgan fingerprint density at radius 2 is 1.56 bits per heavy atom. The Labute approximate surface area is 187 Å². The molecule has 1 N–H and O–H groups in total. The topological polar surface area (TPSA) is 73.9 Å². The molecule has 0 unspecified atom stereocenters. The molecule has 0 aliphatic heterocycles. The molecule has 0 aliphatic rings. The van der Waals surface area contributed by atoms with E-state index in [1.807, 2.05) is 0 Å². The van der Waals surface area contributed by atoms with Crippen LogP contribution in [0.25, 0.3) is 0 Å². The second-order valence-corrected chi connectivity index (χ2v) is 6.85. The molecule has 0 bridgehead atoms. The lowest BCUT2D eigenvalue weighted by Crippen LogP contribution is -2.21. The molecule has 9 heteroatoms. The Kier molecular flexibility index (Phi) is 7.99. The lowest BCUT2D eigenvalue weighted by atomic mass is 10.2. The summed E-state index contributed by atoms with van der Waals surface area (Å²) in [4.78, 5) is 24.6. The van der Waals surface area contributed by atoms with Gasteiger partial charge in [-0.1, -0.05) is 48.0 Å². The molecule has 0 aromatic heterocycles. The van der Waals surface area contributed by atoms with Gasteiger partial charge in [0, 0.05) is 5.02 Å². The highest BCUT2D eigenvalue weighted by Gasteiger charge is 2.17. The van der Waals surface area contributed by atoms with E-state index in [2.05, 4.69) is 10.1 Å². The number of carbonyl (C=O) groups excluding carboxylic acids is 2. The van der Waals surface area contributed by atoms with E-state index in [4.69, 9.17) is 21.1 Å². The summed E-state index contributed by atoms with van der Waals surface area (Å²) < 4.78 is 40.1. The van der Waals surface area contributed by atoms with Crippen LogP contribution in [0, 0.1) is 0 Å². The lowest BCUT2D eigenvalue weighted by Gasteiger charge is -2.13. The summed E-state index contributed by atoms with van der Waals surface area (Å²) in [7, 11) is 0. The summed E-state index contributed by atoms with van der Waals surface area (Å²) in [6, 6.07) is 19.2. The van der Waals surface area contributed by atoms with Crippen LogP contribution < -0.4 is 14.8 Å². The van der Waals surface area contributed by atoms with Crippen LogP contribution in [0.15, 0.2) is 72.8 Å². The normalized spacial score (nSPS) is 10.5. The van der Waals surface area contributed by atoms with E-state index in [0.717, 1.165) is 5.56 Å². The van der Waals surface area contributed by atoms with E-state index >= 15 is 0 Å². The molecule has 0 saturated carbocycles. The van der Waals surface area contributed by atoms with E-state index in [0.29, 0.717) is 5.02 Å². The van der Waals surface area contributed by atoms with Crippen molar-refractivity contribution in [1.82, 2.24) is 0 Å². The van der Waals surface area contributed by atoms with Crippen LogP contribution in [-0.2, 0) is 16.1 Å². The van der Waals surface area contributed by atoms with E-state index in [9.17, 15) is 18.4 Å². The van der Waals surface area contributed by atoms with Crippen molar-refractivity contribution in [2.24, 2.45) is 0 Å². The van der Waals surface area contributed by atoms with Gasteiger partial charge in [-0.05, 0) is 42.0 Å². The average molecular weight is 462 g/mol. The van der Waals surface area contributed by atoms with Crippen LogP contribution in [0.1, 0.15) is 15.9 Å². The van der Waals surface area contributed by atoms with E-state index in [1.165, 1.54) is 30.3 Å². The summed E-state index contributed by atoms with van der Waals surface area (Å²) in [5.74, 6) is -1.42. The number of hydrogen-bond acceptors (Lipinski definition) is 5. The molecular formula is C23H18ClF2NO5. The maximum Gasteiger partial charge on any atom is 0.387 e. The first kappa shape index (κ1) is 23.0. The minimum atomic E-state index is -3.05. The number of halogens is 3. The monoisotopic (exact) mass is 461 g/mol. The van der Waals surface area contributed by atoms with Crippen LogP contribution in [-0.4, -0.2) is 25.1 Å². The lowest BCUT2D eigenvalue weighted by molar-refractivity contribution is -0.119. The van der Waals surface area contributed by atoms with Crippen molar-refractivity contribution in [2.75, 3.05) is 11.9 Å². The van der Waals surface area contributed by atoms with E-state index < -0.39 is 25.1 Å². The Hall–Kier alpha value is -3.65. The van der Waals surface area contributed by atoms with Gasteiger partial charge in [0.1, 0.15) is 23.7 Å². The van der Waals surface area contributed by atoms with Gasteiger partial charge in [-0.2, -0.15) is 8.78 Å². The van der Waals surface area contributed by atoms with Crippen molar-refractivity contribution >= 4 is 29.2 Å². The molecule has 0 atom stereocenters. The molecule has 0 aliphatic carbocycles. The molecule has 3 rings (SSSR count). The van der Waals surface area contributed by atoms with Crippen molar-refractivity contribution in [3.63, 3.8) is 0 Å². The van der Waals surface area contributed by atoms with Gasteiger partial charge in [0.2, 0.25) is 0 Å². The van der Waals surface area contributed by atoms with Crippen molar-refractivity contribution in [2.45, 2.75) is 13.2 Å². The standard InChI is InChI=1S/C23H18ClF2NO5/c24-16-11-9-15(10-12-16)13-30-19-7-3-1-5-17(19)22(29)31-14-21(28)27-18-6-2-4-8-20(18)32-23(25)26/h1-12,23H,13-14H2,(H,27,28). The summed E-state index contributed by atoms with van der Waals surface area (Å²) >= 11 is 5.86. The second kappa shape index (κ2) is 11.1. The highest BCUT2D eigenvalue weighted by atomic mass is 35.5. The zero-order valence-electron chi connectivity index (χ0n) is 16.6. The zero-order chi connectivity index (χ0) is 22.9. The molecule has 1 amide bonds. The first-order valence-corrected chi connectivity index (χ1v) is 9.77. The number of alkyl halides is 2. The third-order valence-electron chi connectivity index (χ3n) is 4.13. The van der Waals surface area contributed by atoms with Crippen molar-refractivity contribution < 1.29 is 32.6 Å². The van der Waals surface area contributed by atoms with Crippen LogP contribution >= 0.6 is 11.6 Å². The Bertz CT molecular complexity index is 1080. The maximum absolute atomic E-state index is 12.5. The highest BCUT2D eigenvalue weighted by Crippen LogP contribution is 2.25. The van der Waals surface area contributed by atoms with Gasteiger partial charge in [0.25, 0.3) is 5.91 Å². The van der Waals surface area contributed by atoms with Crippen LogP contribution in [0.4, 0.5) is 14.5 Å². The number of hydrogen-bond donors (Lipinski definition) is 1. The maximum atomic E-state index is 12.5. The van der Waals surface area contributed by atoms with Gasteiger partial charge in [-0.25, -0.2) is 4.79 Å². The molecule has 3 aromatic rings. The third-order valence-corrected chi connectivity index (χ3v) is 4.38. The van der Waals surface area contributed by atoms with Crippen LogP contribution in [0.5, 0.6) is 11.5 Å². The Balaban J connectivity index is 1.58. The predicted octanol–water partition coefficient (Wildman–Crippen LogP) is 5.32. The fourth-order valence-corrected chi connectivity index (χ4v) is 2.79. The van der Waals surface area contributed by atoms with Gasteiger partial charge in [0.05, 0.1) is 5.69 Å². The number of ether oxygens (including phenoxy) is 3. The summed E-state index contributed by atoms with van der Waals surface area (Å²) in [5, 5.41) is 2.97. The number of rotatable bonds is 9. The quantitative estimate of drug-likeness (QED) is 0.437. The van der Waals surface area contributed by atoms with Gasteiger partial charge in [-0.15, -0.1) is 0 Å². The molecular weight excluding hydrogens is 444 g/mol. The average Bonchev–Trinajstić information content (AvgIpc) is 2.78. The summed E-state index contributed by atoms with van der Waals surface area (Å²) in [6.07, 6.45) is 0. The van der Waals surface area contributed by atoms with Gasteiger partial charge in [-0.3, -0.25) is 4.79 Å².